The molecule has 2 unspecified atom stereocenters. The molecule has 0 saturated carbocycles. The Hall–Kier alpha value is -1.52. The van der Waals surface area contributed by atoms with Gasteiger partial charge in [-0.15, -0.1) is 0 Å². The van der Waals surface area contributed by atoms with Gasteiger partial charge in [0.05, 0.1) is 5.92 Å². The third-order valence-corrected chi connectivity index (χ3v) is 3.74. The number of carbonyl (C=O) groups is 1. The van der Waals surface area contributed by atoms with Crippen molar-refractivity contribution in [3.8, 4) is 0 Å². The molecule has 0 fully saturated rings. The van der Waals surface area contributed by atoms with Crippen LogP contribution in [0.4, 0.5) is 13.2 Å². The van der Waals surface area contributed by atoms with E-state index in [1.54, 1.807) is 19.1 Å². The van der Waals surface area contributed by atoms with E-state index in [2.05, 4.69) is 0 Å². The highest BCUT2D eigenvalue weighted by atomic mass is 19.4. The van der Waals surface area contributed by atoms with E-state index in [1.165, 1.54) is 19.1 Å². The van der Waals surface area contributed by atoms with Crippen molar-refractivity contribution in [1.29, 1.82) is 0 Å². The molecule has 0 aliphatic heterocycles. The Labute approximate surface area is 110 Å². The van der Waals surface area contributed by atoms with E-state index >= 15 is 0 Å². The predicted octanol–water partition coefficient (Wildman–Crippen LogP) is 3.93. The van der Waals surface area contributed by atoms with Gasteiger partial charge >= 0.3 is 12.1 Å². The van der Waals surface area contributed by atoms with Crippen molar-refractivity contribution in [3.05, 3.63) is 35.4 Å². The molecule has 0 amide bonds. The van der Waals surface area contributed by atoms with Gasteiger partial charge in [-0.05, 0) is 18.9 Å². The second-order valence-corrected chi connectivity index (χ2v) is 4.76. The van der Waals surface area contributed by atoms with Crippen LogP contribution >= 0.6 is 0 Å². The number of carboxylic acid groups (broad SMARTS) is 1. The second-order valence-electron chi connectivity index (χ2n) is 4.76. The minimum atomic E-state index is -4.56. The smallest absolute Gasteiger partial charge is 0.392 e. The zero-order valence-electron chi connectivity index (χ0n) is 11.1. The summed E-state index contributed by atoms with van der Waals surface area (Å²) in [4.78, 5) is 11.5. The number of aryl methyl sites for hydroxylation is 1. The average Bonchev–Trinajstić information content (AvgIpc) is 2.31. The molecular weight excluding hydrogens is 257 g/mol. The van der Waals surface area contributed by atoms with E-state index < -0.39 is 23.5 Å². The van der Waals surface area contributed by atoms with Gasteiger partial charge in [0.25, 0.3) is 0 Å². The number of rotatable bonds is 4. The molecule has 0 bridgehead atoms. The zero-order valence-corrected chi connectivity index (χ0v) is 11.1. The van der Waals surface area contributed by atoms with Crippen molar-refractivity contribution in [2.75, 3.05) is 0 Å². The van der Waals surface area contributed by atoms with Crippen LogP contribution in [0.1, 0.15) is 31.4 Å². The van der Waals surface area contributed by atoms with Gasteiger partial charge in [0.15, 0.2) is 0 Å². The van der Waals surface area contributed by atoms with Crippen LogP contribution in [0.25, 0.3) is 0 Å². The molecule has 0 radical (unpaired) electrons. The first kappa shape index (κ1) is 15.5. The van der Waals surface area contributed by atoms with Crippen molar-refractivity contribution >= 4 is 5.97 Å². The number of hydrogen-bond acceptors (Lipinski definition) is 1. The summed E-state index contributed by atoms with van der Waals surface area (Å²) in [5.74, 6) is -3.39. The minimum absolute atomic E-state index is 0.119. The SMILES string of the molecule is CCC(C(=O)O)(c1ccc(C)cc1)C(C)C(F)(F)F. The van der Waals surface area contributed by atoms with Gasteiger partial charge in [-0.25, -0.2) is 0 Å². The lowest BCUT2D eigenvalue weighted by Crippen LogP contribution is -2.47. The van der Waals surface area contributed by atoms with E-state index in [9.17, 15) is 23.1 Å². The molecule has 5 heteroatoms. The Morgan fingerprint density at radius 3 is 2.05 bits per heavy atom. The summed E-state index contributed by atoms with van der Waals surface area (Å²) in [6.07, 6.45) is -4.68. The number of carboxylic acids is 1. The molecule has 0 heterocycles. The van der Waals surface area contributed by atoms with E-state index in [1.807, 2.05) is 0 Å². The zero-order chi connectivity index (χ0) is 14.8. The van der Waals surface area contributed by atoms with Crippen molar-refractivity contribution < 1.29 is 23.1 Å². The molecule has 1 N–H and O–H groups in total. The molecule has 1 aromatic carbocycles. The highest BCUT2D eigenvalue weighted by molar-refractivity contribution is 5.82. The fourth-order valence-electron chi connectivity index (χ4n) is 2.35. The first-order valence-corrected chi connectivity index (χ1v) is 6.03. The second kappa shape index (κ2) is 5.23. The Morgan fingerprint density at radius 2 is 1.74 bits per heavy atom. The highest BCUT2D eigenvalue weighted by Crippen LogP contribution is 2.44. The van der Waals surface area contributed by atoms with Crippen LogP contribution in [0.3, 0.4) is 0 Å². The van der Waals surface area contributed by atoms with Crippen LogP contribution < -0.4 is 0 Å². The molecule has 2 nitrogen and oxygen atoms in total. The number of alkyl halides is 3. The molecule has 0 aromatic heterocycles. The monoisotopic (exact) mass is 274 g/mol. The van der Waals surface area contributed by atoms with Crippen molar-refractivity contribution in [2.45, 2.75) is 38.8 Å². The molecule has 106 valence electrons. The Balaban J connectivity index is 3.43. The van der Waals surface area contributed by atoms with Crippen LogP contribution in [0.2, 0.25) is 0 Å². The third kappa shape index (κ3) is 2.74. The van der Waals surface area contributed by atoms with Gasteiger partial charge < -0.3 is 5.11 Å². The van der Waals surface area contributed by atoms with Gasteiger partial charge in [0.2, 0.25) is 0 Å². The summed E-state index contributed by atoms with van der Waals surface area (Å²) in [6, 6.07) is 6.20. The van der Waals surface area contributed by atoms with Crippen molar-refractivity contribution in [2.24, 2.45) is 5.92 Å². The minimum Gasteiger partial charge on any atom is -0.481 e. The first-order chi connectivity index (χ1) is 8.66. The first-order valence-electron chi connectivity index (χ1n) is 6.03. The molecule has 1 rings (SSSR count). The normalized spacial score (nSPS) is 16.7. The maximum atomic E-state index is 13.0. The number of benzene rings is 1. The van der Waals surface area contributed by atoms with Crippen molar-refractivity contribution in [3.63, 3.8) is 0 Å². The van der Waals surface area contributed by atoms with Crippen LogP contribution in [-0.4, -0.2) is 17.3 Å². The fourth-order valence-corrected chi connectivity index (χ4v) is 2.35. The summed E-state index contributed by atoms with van der Waals surface area (Å²) in [5.41, 5.74) is -0.872. The van der Waals surface area contributed by atoms with Gasteiger partial charge in [0, 0.05) is 0 Å². The van der Waals surface area contributed by atoms with E-state index in [4.69, 9.17) is 0 Å². The van der Waals surface area contributed by atoms with Crippen LogP contribution in [0.15, 0.2) is 24.3 Å². The lowest BCUT2D eigenvalue weighted by atomic mass is 9.68. The van der Waals surface area contributed by atoms with Crippen molar-refractivity contribution in [1.82, 2.24) is 0 Å². The molecule has 0 saturated heterocycles. The summed E-state index contributed by atoms with van der Waals surface area (Å²) < 4.78 is 39.0. The van der Waals surface area contributed by atoms with Gasteiger partial charge in [-0.2, -0.15) is 13.2 Å². The summed E-state index contributed by atoms with van der Waals surface area (Å²) in [5, 5.41) is 9.38. The highest BCUT2D eigenvalue weighted by Gasteiger charge is 2.55. The summed E-state index contributed by atoms with van der Waals surface area (Å²) >= 11 is 0. The molecule has 0 spiro atoms. The standard InChI is InChI=1S/C14H17F3O2/c1-4-13(12(18)19,10(3)14(15,16)17)11-7-5-9(2)6-8-11/h5-8,10H,4H2,1-3H3,(H,18,19). The Kier molecular flexibility index (Phi) is 4.28. The maximum absolute atomic E-state index is 13.0. The molecular formula is C14H17F3O2. The molecule has 1 aromatic rings. The predicted molar refractivity (Wildman–Crippen MR) is 66.0 cm³/mol. The average molecular weight is 274 g/mol. The lowest BCUT2D eigenvalue weighted by Gasteiger charge is -2.36. The van der Waals surface area contributed by atoms with Crippen LogP contribution in [0, 0.1) is 12.8 Å². The summed E-state index contributed by atoms with van der Waals surface area (Å²) in [6.45, 7) is 4.19. The van der Waals surface area contributed by atoms with Gasteiger partial charge in [-0.1, -0.05) is 43.7 Å². The lowest BCUT2D eigenvalue weighted by molar-refractivity contribution is -0.198. The topological polar surface area (TPSA) is 37.3 Å². The Morgan fingerprint density at radius 1 is 1.26 bits per heavy atom. The fraction of sp³-hybridized carbons (Fsp3) is 0.500. The van der Waals surface area contributed by atoms with E-state index in [0.29, 0.717) is 0 Å². The molecule has 0 aliphatic rings. The number of hydrogen-bond donors (Lipinski definition) is 1. The molecule has 2 atom stereocenters. The number of halogens is 3. The van der Waals surface area contributed by atoms with E-state index in [0.717, 1.165) is 12.5 Å². The van der Waals surface area contributed by atoms with Gasteiger partial charge in [0.1, 0.15) is 5.41 Å². The molecule has 19 heavy (non-hydrogen) atoms. The van der Waals surface area contributed by atoms with Crippen LogP contribution in [-0.2, 0) is 10.2 Å². The maximum Gasteiger partial charge on any atom is 0.392 e. The van der Waals surface area contributed by atoms with E-state index in [-0.39, 0.29) is 12.0 Å². The number of aliphatic carboxylic acids is 1. The summed E-state index contributed by atoms with van der Waals surface area (Å²) in [7, 11) is 0. The van der Waals surface area contributed by atoms with Gasteiger partial charge in [-0.3, -0.25) is 4.79 Å². The third-order valence-electron chi connectivity index (χ3n) is 3.74. The largest absolute Gasteiger partial charge is 0.481 e. The Bertz CT molecular complexity index is 451. The molecule has 0 aliphatic carbocycles. The quantitative estimate of drug-likeness (QED) is 0.903. The van der Waals surface area contributed by atoms with Crippen LogP contribution in [0.5, 0.6) is 0 Å².